The predicted molar refractivity (Wildman–Crippen MR) is 75.9 cm³/mol. The Bertz CT molecular complexity index is 401. The lowest BCUT2D eigenvalue weighted by Gasteiger charge is -2.28. The van der Waals surface area contributed by atoms with Crippen LogP contribution >= 0.6 is 11.3 Å². The van der Waals surface area contributed by atoms with Crippen molar-refractivity contribution >= 4 is 17.2 Å². The summed E-state index contributed by atoms with van der Waals surface area (Å²) in [5.74, 6) is 0.0383. The van der Waals surface area contributed by atoms with Gasteiger partial charge in [-0.2, -0.15) is 0 Å². The fourth-order valence-electron chi connectivity index (χ4n) is 1.71. The van der Waals surface area contributed by atoms with Gasteiger partial charge in [0.1, 0.15) is 4.88 Å². The lowest BCUT2D eigenvalue weighted by atomic mass is 9.93. The minimum Gasteiger partial charge on any atom is -0.340 e. The van der Waals surface area contributed by atoms with Crippen LogP contribution < -0.4 is 5.73 Å². The summed E-state index contributed by atoms with van der Waals surface area (Å²) >= 11 is 1.49. The van der Waals surface area contributed by atoms with E-state index in [0.717, 1.165) is 17.8 Å². The summed E-state index contributed by atoms with van der Waals surface area (Å²) in [4.78, 5) is 18.9. The predicted octanol–water partition coefficient (Wildman–Crippen LogP) is 2.15. The number of aryl methyl sites for hydroxylation is 1. The maximum Gasteiger partial charge on any atom is 0.265 e. The average Bonchev–Trinajstić information content (AvgIpc) is 2.76. The van der Waals surface area contributed by atoms with Crippen molar-refractivity contribution in [2.75, 3.05) is 20.1 Å². The highest BCUT2D eigenvalue weighted by atomic mass is 32.1. The summed E-state index contributed by atoms with van der Waals surface area (Å²) in [5, 5.41) is 1.03. The molecule has 102 valence electrons. The molecule has 0 radical (unpaired) electrons. The van der Waals surface area contributed by atoms with Crippen LogP contribution in [0.3, 0.4) is 0 Å². The molecular weight excluding hydrogens is 246 g/mol. The van der Waals surface area contributed by atoms with Crippen LogP contribution in [0, 0.1) is 5.41 Å². The van der Waals surface area contributed by atoms with Crippen molar-refractivity contribution in [3.05, 3.63) is 16.1 Å². The molecule has 0 aromatic carbocycles. The van der Waals surface area contributed by atoms with Crippen LogP contribution in [0.5, 0.6) is 0 Å². The zero-order valence-corrected chi connectivity index (χ0v) is 12.5. The first-order valence-corrected chi connectivity index (χ1v) is 7.11. The fourth-order valence-corrected chi connectivity index (χ4v) is 2.72. The van der Waals surface area contributed by atoms with E-state index in [1.54, 1.807) is 11.1 Å². The number of rotatable bonds is 6. The molecule has 0 bridgehead atoms. The van der Waals surface area contributed by atoms with Crippen LogP contribution in [0.4, 0.5) is 0 Å². The average molecular weight is 269 g/mol. The number of nitrogens with zero attached hydrogens (tertiary/aromatic N) is 2. The molecule has 0 fully saturated rings. The summed E-state index contributed by atoms with van der Waals surface area (Å²) in [5.41, 5.74) is 5.64. The number of carbonyl (C=O) groups is 1. The van der Waals surface area contributed by atoms with Crippen molar-refractivity contribution in [1.82, 2.24) is 9.88 Å². The van der Waals surface area contributed by atoms with Crippen LogP contribution in [-0.4, -0.2) is 35.9 Å². The summed E-state index contributed by atoms with van der Waals surface area (Å²) in [6, 6.07) is 0. The Balaban J connectivity index is 2.68. The normalized spacial score (nSPS) is 11.6. The molecule has 0 saturated heterocycles. The molecule has 5 heteroatoms. The smallest absolute Gasteiger partial charge is 0.265 e. The van der Waals surface area contributed by atoms with Gasteiger partial charge >= 0.3 is 0 Å². The standard InChI is InChI=1S/C13H23N3OS/c1-5-6-11-15-7-10(18-11)12(17)16(4)9-13(2,3)8-14/h7H,5-6,8-9,14H2,1-4H3. The number of hydrogen-bond acceptors (Lipinski definition) is 4. The molecule has 1 amide bonds. The van der Waals surface area contributed by atoms with Gasteiger partial charge in [-0.15, -0.1) is 11.3 Å². The number of amides is 1. The Hall–Kier alpha value is -0.940. The van der Waals surface area contributed by atoms with Crippen LogP contribution in [0.2, 0.25) is 0 Å². The molecule has 1 heterocycles. The highest BCUT2D eigenvalue weighted by Gasteiger charge is 2.23. The van der Waals surface area contributed by atoms with E-state index in [2.05, 4.69) is 25.8 Å². The summed E-state index contributed by atoms with van der Waals surface area (Å²) in [6.07, 6.45) is 3.68. The van der Waals surface area contributed by atoms with Crippen molar-refractivity contribution in [2.24, 2.45) is 11.1 Å². The summed E-state index contributed by atoms with van der Waals surface area (Å²) in [6.45, 7) is 7.45. The van der Waals surface area contributed by atoms with Gasteiger partial charge in [0, 0.05) is 13.6 Å². The van der Waals surface area contributed by atoms with E-state index in [0.29, 0.717) is 18.0 Å². The number of carbonyl (C=O) groups excluding carboxylic acids is 1. The van der Waals surface area contributed by atoms with E-state index >= 15 is 0 Å². The quantitative estimate of drug-likeness (QED) is 0.861. The molecule has 1 rings (SSSR count). The van der Waals surface area contributed by atoms with Crippen LogP contribution in [0.25, 0.3) is 0 Å². The molecule has 0 aliphatic heterocycles. The van der Waals surface area contributed by atoms with E-state index in [-0.39, 0.29) is 11.3 Å². The molecule has 0 atom stereocenters. The van der Waals surface area contributed by atoms with E-state index in [1.807, 2.05) is 7.05 Å². The lowest BCUT2D eigenvalue weighted by Crippen LogP contribution is -2.39. The van der Waals surface area contributed by atoms with Gasteiger partial charge in [0.15, 0.2) is 0 Å². The summed E-state index contributed by atoms with van der Waals surface area (Å²) in [7, 11) is 1.82. The molecule has 18 heavy (non-hydrogen) atoms. The third-order valence-electron chi connectivity index (χ3n) is 2.79. The molecule has 4 nitrogen and oxygen atoms in total. The van der Waals surface area contributed by atoms with Crippen LogP contribution in [0.1, 0.15) is 41.9 Å². The third kappa shape index (κ3) is 4.07. The topological polar surface area (TPSA) is 59.2 Å². The number of hydrogen-bond donors (Lipinski definition) is 1. The molecule has 0 saturated carbocycles. The van der Waals surface area contributed by atoms with Crippen molar-refractivity contribution in [3.63, 3.8) is 0 Å². The Morgan fingerprint density at radius 1 is 1.56 bits per heavy atom. The van der Waals surface area contributed by atoms with Crippen molar-refractivity contribution in [2.45, 2.75) is 33.6 Å². The highest BCUT2D eigenvalue weighted by Crippen LogP contribution is 2.19. The maximum absolute atomic E-state index is 12.2. The van der Waals surface area contributed by atoms with Gasteiger partial charge in [-0.25, -0.2) is 4.98 Å². The van der Waals surface area contributed by atoms with Crippen LogP contribution in [0.15, 0.2) is 6.20 Å². The number of nitrogens with two attached hydrogens (primary N) is 1. The molecule has 2 N–H and O–H groups in total. The Morgan fingerprint density at radius 2 is 2.22 bits per heavy atom. The zero-order chi connectivity index (χ0) is 13.8. The lowest BCUT2D eigenvalue weighted by molar-refractivity contribution is 0.0745. The van der Waals surface area contributed by atoms with Gasteiger partial charge in [-0.05, 0) is 24.8 Å². The van der Waals surface area contributed by atoms with Gasteiger partial charge in [0.2, 0.25) is 0 Å². The van der Waals surface area contributed by atoms with Gasteiger partial charge in [-0.3, -0.25) is 4.79 Å². The van der Waals surface area contributed by atoms with Crippen LogP contribution in [-0.2, 0) is 6.42 Å². The Morgan fingerprint density at radius 3 is 2.78 bits per heavy atom. The number of thiazole rings is 1. The molecular formula is C13H23N3OS. The Kier molecular flexibility index (Phi) is 5.28. The molecule has 0 unspecified atom stereocenters. The van der Waals surface area contributed by atoms with E-state index in [9.17, 15) is 4.79 Å². The summed E-state index contributed by atoms with van der Waals surface area (Å²) < 4.78 is 0. The van der Waals surface area contributed by atoms with Gasteiger partial charge < -0.3 is 10.6 Å². The minimum atomic E-state index is -0.0542. The second kappa shape index (κ2) is 6.29. The fraction of sp³-hybridized carbons (Fsp3) is 0.692. The zero-order valence-electron chi connectivity index (χ0n) is 11.7. The van der Waals surface area contributed by atoms with Crippen molar-refractivity contribution in [3.8, 4) is 0 Å². The molecule has 1 aromatic heterocycles. The highest BCUT2D eigenvalue weighted by molar-refractivity contribution is 7.13. The largest absolute Gasteiger partial charge is 0.340 e. The molecule has 1 aromatic rings. The van der Waals surface area contributed by atoms with Gasteiger partial charge in [0.05, 0.1) is 11.2 Å². The first-order chi connectivity index (χ1) is 8.39. The van der Waals surface area contributed by atoms with Gasteiger partial charge in [0.25, 0.3) is 5.91 Å². The molecule has 0 aliphatic carbocycles. The van der Waals surface area contributed by atoms with Crippen molar-refractivity contribution in [1.29, 1.82) is 0 Å². The molecule has 0 aliphatic rings. The third-order valence-corrected chi connectivity index (χ3v) is 3.84. The second-order valence-corrected chi connectivity index (χ2v) is 6.51. The maximum atomic E-state index is 12.2. The Labute approximate surface area is 113 Å². The first-order valence-electron chi connectivity index (χ1n) is 6.30. The van der Waals surface area contributed by atoms with E-state index in [4.69, 9.17) is 5.73 Å². The molecule has 0 spiro atoms. The second-order valence-electron chi connectivity index (χ2n) is 5.40. The van der Waals surface area contributed by atoms with Gasteiger partial charge in [-0.1, -0.05) is 20.8 Å². The van der Waals surface area contributed by atoms with E-state index in [1.165, 1.54) is 11.3 Å². The number of aromatic nitrogens is 1. The van der Waals surface area contributed by atoms with Crippen molar-refractivity contribution < 1.29 is 4.79 Å². The first kappa shape index (κ1) is 15.1. The minimum absolute atomic E-state index is 0.0383. The SMILES string of the molecule is CCCc1ncc(C(=O)N(C)CC(C)(C)CN)s1. The monoisotopic (exact) mass is 269 g/mol. The van der Waals surface area contributed by atoms with E-state index < -0.39 is 0 Å².